The highest BCUT2D eigenvalue weighted by molar-refractivity contribution is 7.10. The Morgan fingerprint density at radius 1 is 1.32 bits per heavy atom. The molecule has 0 unspecified atom stereocenters. The summed E-state index contributed by atoms with van der Waals surface area (Å²) in [7, 11) is 0. The van der Waals surface area contributed by atoms with Crippen LogP contribution in [0, 0.1) is 0 Å². The van der Waals surface area contributed by atoms with Crippen LogP contribution >= 0.6 is 11.3 Å². The summed E-state index contributed by atoms with van der Waals surface area (Å²) in [5.41, 5.74) is 9.22. The highest BCUT2D eigenvalue weighted by Gasteiger charge is 2.21. The van der Waals surface area contributed by atoms with Crippen molar-refractivity contribution in [2.75, 3.05) is 12.3 Å². The number of nitrogens with zero attached hydrogens (tertiary/aromatic N) is 1. The Balaban J connectivity index is 1.73. The predicted molar refractivity (Wildman–Crippen MR) is 78.0 cm³/mol. The smallest absolute Gasteiger partial charge is 0.228 e. The lowest BCUT2D eigenvalue weighted by Crippen LogP contribution is -2.37. The number of nitrogens with two attached hydrogens (primary N) is 1. The lowest BCUT2D eigenvalue weighted by atomic mass is 9.98. The fraction of sp³-hybridized carbons (Fsp3) is 0.267. The fourth-order valence-corrected chi connectivity index (χ4v) is 3.22. The van der Waals surface area contributed by atoms with Gasteiger partial charge in [0.2, 0.25) is 5.91 Å². The van der Waals surface area contributed by atoms with E-state index in [1.165, 1.54) is 11.1 Å². The van der Waals surface area contributed by atoms with Crippen LogP contribution in [0.25, 0.3) is 0 Å². The number of thiophene rings is 1. The molecule has 0 spiro atoms. The normalized spacial score (nSPS) is 14.2. The van der Waals surface area contributed by atoms with Gasteiger partial charge < -0.3 is 10.6 Å². The second-order valence-electron chi connectivity index (χ2n) is 4.81. The molecule has 0 radical (unpaired) electrons. The van der Waals surface area contributed by atoms with Gasteiger partial charge in [0.25, 0.3) is 0 Å². The van der Waals surface area contributed by atoms with E-state index in [1.807, 2.05) is 34.5 Å². The van der Waals surface area contributed by atoms with Crippen LogP contribution < -0.4 is 5.73 Å². The Hall–Kier alpha value is -1.81. The van der Waals surface area contributed by atoms with Gasteiger partial charge in [-0.2, -0.15) is 0 Å². The minimum atomic E-state index is 0.204. The van der Waals surface area contributed by atoms with Crippen LogP contribution in [0.3, 0.4) is 0 Å². The minimum Gasteiger partial charge on any atom is -0.398 e. The number of carbonyl (C=O) groups excluding carboxylic acids is 1. The fourth-order valence-electron chi connectivity index (χ4n) is 2.53. The highest BCUT2D eigenvalue weighted by atomic mass is 32.1. The van der Waals surface area contributed by atoms with Gasteiger partial charge in [0, 0.05) is 23.7 Å². The van der Waals surface area contributed by atoms with Crippen LogP contribution in [0.2, 0.25) is 0 Å². The van der Waals surface area contributed by atoms with Gasteiger partial charge in [-0.3, -0.25) is 4.79 Å². The van der Waals surface area contributed by atoms with E-state index in [0.717, 1.165) is 23.5 Å². The summed E-state index contributed by atoms with van der Waals surface area (Å²) in [6, 6.07) is 9.96. The summed E-state index contributed by atoms with van der Waals surface area (Å²) in [4.78, 5) is 15.3. The zero-order chi connectivity index (χ0) is 13.2. The largest absolute Gasteiger partial charge is 0.398 e. The molecule has 0 aliphatic carbocycles. The van der Waals surface area contributed by atoms with E-state index in [4.69, 9.17) is 5.73 Å². The molecule has 0 atom stereocenters. The predicted octanol–water partition coefficient (Wildman–Crippen LogP) is 2.46. The van der Waals surface area contributed by atoms with Crippen molar-refractivity contribution in [1.29, 1.82) is 0 Å². The number of rotatable bonds is 2. The Morgan fingerprint density at radius 2 is 2.21 bits per heavy atom. The number of hydrogen-bond donors (Lipinski definition) is 1. The van der Waals surface area contributed by atoms with Gasteiger partial charge in [0.1, 0.15) is 0 Å². The van der Waals surface area contributed by atoms with E-state index in [9.17, 15) is 4.79 Å². The molecule has 0 saturated heterocycles. The molecule has 4 heteroatoms. The minimum absolute atomic E-state index is 0.204. The van der Waals surface area contributed by atoms with Gasteiger partial charge in [0.05, 0.1) is 6.42 Å². The first-order valence-electron chi connectivity index (χ1n) is 6.40. The maximum atomic E-state index is 12.3. The average molecular weight is 272 g/mol. The van der Waals surface area contributed by atoms with Crippen LogP contribution in [0.4, 0.5) is 5.69 Å². The molecule has 98 valence electrons. The van der Waals surface area contributed by atoms with Crippen LogP contribution in [-0.2, 0) is 24.2 Å². The Kier molecular flexibility index (Phi) is 3.25. The summed E-state index contributed by atoms with van der Waals surface area (Å²) in [5.74, 6) is 0.204. The highest BCUT2D eigenvalue weighted by Crippen LogP contribution is 2.24. The maximum Gasteiger partial charge on any atom is 0.228 e. The number of anilines is 1. The molecule has 1 aromatic heterocycles. The van der Waals surface area contributed by atoms with E-state index >= 15 is 0 Å². The van der Waals surface area contributed by atoms with Crippen molar-refractivity contribution in [2.45, 2.75) is 19.4 Å². The molecule has 0 saturated carbocycles. The third-order valence-electron chi connectivity index (χ3n) is 3.56. The van der Waals surface area contributed by atoms with E-state index < -0.39 is 0 Å². The Bertz CT molecular complexity index is 592. The molecule has 1 amide bonds. The molecule has 19 heavy (non-hydrogen) atoms. The van der Waals surface area contributed by atoms with Crippen LogP contribution in [0.1, 0.15) is 16.0 Å². The van der Waals surface area contributed by atoms with E-state index in [2.05, 4.69) is 6.07 Å². The van der Waals surface area contributed by atoms with Crippen molar-refractivity contribution in [1.82, 2.24) is 4.90 Å². The van der Waals surface area contributed by atoms with Crippen molar-refractivity contribution < 1.29 is 4.79 Å². The van der Waals surface area contributed by atoms with Crippen molar-refractivity contribution >= 4 is 22.9 Å². The van der Waals surface area contributed by atoms with E-state index in [1.54, 1.807) is 11.3 Å². The summed E-state index contributed by atoms with van der Waals surface area (Å²) >= 11 is 1.64. The van der Waals surface area contributed by atoms with E-state index in [-0.39, 0.29) is 5.91 Å². The number of benzene rings is 1. The topological polar surface area (TPSA) is 46.3 Å². The Morgan fingerprint density at radius 3 is 3.00 bits per heavy atom. The van der Waals surface area contributed by atoms with Gasteiger partial charge in [-0.1, -0.05) is 18.2 Å². The van der Waals surface area contributed by atoms with Crippen LogP contribution in [0.5, 0.6) is 0 Å². The molecule has 0 bridgehead atoms. The standard InChI is InChI=1S/C15H16N2OS/c16-14-5-1-3-11-10-17(7-6-13(11)14)15(18)9-12-4-2-8-19-12/h1-5,8H,6-7,9-10,16H2. The van der Waals surface area contributed by atoms with Gasteiger partial charge in [-0.25, -0.2) is 0 Å². The molecule has 1 aliphatic heterocycles. The number of nitrogen functional groups attached to an aromatic ring is 1. The number of amides is 1. The molecule has 1 aromatic carbocycles. The third-order valence-corrected chi connectivity index (χ3v) is 4.44. The molecule has 3 nitrogen and oxygen atoms in total. The molecular weight excluding hydrogens is 256 g/mol. The first kappa shape index (κ1) is 12.2. The number of carbonyl (C=O) groups is 1. The van der Waals surface area contributed by atoms with Crippen LogP contribution in [-0.4, -0.2) is 17.4 Å². The second kappa shape index (κ2) is 5.05. The second-order valence-corrected chi connectivity index (χ2v) is 5.84. The SMILES string of the molecule is Nc1cccc2c1CCN(C(=O)Cc1cccs1)C2. The quantitative estimate of drug-likeness (QED) is 0.854. The molecule has 2 heterocycles. The third kappa shape index (κ3) is 2.49. The summed E-state index contributed by atoms with van der Waals surface area (Å²) in [5, 5.41) is 2.01. The van der Waals surface area contributed by atoms with Gasteiger partial charge in [-0.05, 0) is 35.1 Å². The summed E-state index contributed by atoms with van der Waals surface area (Å²) < 4.78 is 0. The maximum absolute atomic E-state index is 12.3. The van der Waals surface area contributed by atoms with Gasteiger partial charge in [-0.15, -0.1) is 11.3 Å². The van der Waals surface area contributed by atoms with Crippen molar-refractivity contribution in [2.24, 2.45) is 0 Å². The van der Waals surface area contributed by atoms with E-state index in [0.29, 0.717) is 13.0 Å². The van der Waals surface area contributed by atoms with Gasteiger partial charge in [0.15, 0.2) is 0 Å². The van der Waals surface area contributed by atoms with Crippen molar-refractivity contribution in [3.8, 4) is 0 Å². The first-order chi connectivity index (χ1) is 9.24. The van der Waals surface area contributed by atoms with Gasteiger partial charge >= 0.3 is 0 Å². The number of hydrogen-bond acceptors (Lipinski definition) is 3. The molecule has 2 N–H and O–H groups in total. The molecule has 2 aromatic rings. The van der Waals surface area contributed by atoms with Crippen LogP contribution in [0.15, 0.2) is 35.7 Å². The lowest BCUT2D eigenvalue weighted by Gasteiger charge is -2.29. The monoisotopic (exact) mass is 272 g/mol. The lowest BCUT2D eigenvalue weighted by molar-refractivity contribution is -0.131. The molecular formula is C15H16N2OS. The van der Waals surface area contributed by atoms with Crippen molar-refractivity contribution in [3.05, 3.63) is 51.7 Å². The number of fused-ring (bicyclic) bond motifs is 1. The first-order valence-corrected chi connectivity index (χ1v) is 7.28. The Labute approximate surface area is 116 Å². The zero-order valence-corrected chi connectivity index (χ0v) is 11.5. The molecule has 1 aliphatic rings. The molecule has 3 rings (SSSR count). The van der Waals surface area contributed by atoms with Crippen molar-refractivity contribution in [3.63, 3.8) is 0 Å². The summed E-state index contributed by atoms with van der Waals surface area (Å²) in [6.07, 6.45) is 1.37. The zero-order valence-electron chi connectivity index (χ0n) is 10.6. The average Bonchev–Trinajstić information content (AvgIpc) is 2.91. The summed E-state index contributed by atoms with van der Waals surface area (Å²) in [6.45, 7) is 1.45. The molecule has 0 fully saturated rings.